The van der Waals surface area contributed by atoms with Crippen molar-refractivity contribution in [3.63, 3.8) is 0 Å². The van der Waals surface area contributed by atoms with E-state index in [1.807, 2.05) is 13.8 Å². The molecule has 0 atom stereocenters. The number of carbonyl (C=O) groups excluding carboxylic acids is 2. The Labute approximate surface area is 229 Å². The van der Waals surface area contributed by atoms with Crippen LogP contribution in [0.2, 0.25) is 5.15 Å². The summed E-state index contributed by atoms with van der Waals surface area (Å²) in [6.45, 7) is 4.08. The quantitative estimate of drug-likeness (QED) is 0.0982. The number of aryl methyl sites for hydroxylation is 1. The SMILES string of the molecule is COc1c(C)c[n+]([O-])c(Cn2cc(C#CCCCN3C(=O)c4ccccc4C3=O)c3c(Cl)nc(N)nc32)c1C. The summed E-state index contributed by atoms with van der Waals surface area (Å²) in [5.74, 6) is 6.26. The molecule has 10 nitrogen and oxygen atoms in total. The van der Waals surface area contributed by atoms with Crippen molar-refractivity contribution in [3.05, 3.63) is 80.5 Å². The number of benzene rings is 1. The maximum absolute atomic E-state index is 12.8. The third-order valence-electron chi connectivity index (χ3n) is 6.71. The second kappa shape index (κ2) is 10.3. The van der Waals surface area contributed by atoms with Crippen LogP contribution >= 0.6 is 11.6 Å². The molecule has 4 aromatic rings. The zero-order valence-electron chi connectivity index (χ0n) is 21.6. The first-order valence-corrected chi connectivity index (χ1v) is 12.6. The molecule has 39 heavy (non-hydrogen) atoms. The summed E-state index contributed by atoms with van der Waals surface area (Å²) in [5, 5.41) is 13.4. The first kappa shape index (κ1) is 26.0. The number of methoxy groups -OCH3 is 1. The van der Waals surface area contributed by atoms with Gasteiger partial charge in [0.2, 0.25) is 11.6 Å². The monoisotopic (exact) mass is 544 g/mol. The number of hydrogen-bond acceptors (Lipinski definition) is 7. The molecule has 0 saturated carbocycles. The van der Waals surface area contributed by atoms with Gasteiger partial charge in [-0.05, 0) is 32.4 Å². The van der Waals surface area contributed by atoms with Crippen LogP contribution in [0.5, 0.6) is 5.75 Å². The maximum Gasteiger partial charge on any atom is 0.261 e. The van der Waals surface area contributed by atoms with Gasteiger partial charge in [-0.1, -0.05) is 35.6 Å². The zero-order valence-corrected chi connectivity index (χ0v) is 22.4. The molecule has 5 rings (SSSR count). The van der Waals surface area contributed by atoms with Crippen molar-refractivity contribution < 1.29 is 19.1 Å². The largest absolute Gasteiger partial charge is 0.618 e. The average molecular weight is 545 g/mol. The maximum atomic E-state index is 12.8. The summed E-state index contributed by atoms with van der Waals surface area (Å²) in [5.41, 5.74) is 9.66. The van der Waals surface area contributed by atoms with Gasteiger partial charge in [-0.2, -0.15) is 9.71 Å². The number of imide groups is 1. The van der Waals surface area contributed by atoms with Crippen molar-refractivity contribution in [2.75, 3.05) is 19.4 Å². The van der Waals surface area contributed by atoms with Crippen LogP contribution in [-0.4, -0.2) is 44.9 Å². The molecule has 1 aliphatic heterocycles. The van der Waals surface area contributed by atoms with E-state index >= 15 is 0 Å². The first-order chi connectivity index (χ1) is 18.7. The molecule has 1 aliphatic rings. The Balaban J connectivity index is 1.39. The van der Waals surface area contributed by atoms with Gasteiger partial charge in [0.15, 0.2) is 6.20 Å². The van der Waals surface area contributed by atoms with Crippen molar-refractivity contribution in [2.24, 2.45) is 0 Å². The number of unbranched alkanes of at least 4 members (excludes halogenated alkanes) is 1. The van der Waals surface area contributed by atoms with Gasteiger partial charge in [-0.15, -0.1) is 0 Å². The van der Waals surface area contributed by atoms with Crippen LogP contribution in [0.15, 0.2) is 36.7 Å². The van der Waals surface area contributed by atoms with Crippen LogP contribution in [-0.2, 0) is 6.54 Å². The number of nitrogens with two attached hydrogens (primary N) is 1. The molecular weight excluding hydrogens is 520 g/mol. The van der Waals surface area contributed by atoms with E-state index < -0.39 is 0 Å². The summed E-state index contributed by atoms with van der Waals surface area (Å²) < 4.78 is 8.06. The minimum absolute atomic E-state index is 0.000474. The van der Waals surface area contributed by atoms with Crippen LogP contribution in [0.25, 0.3) is 11.0 Å². The Morgan fingerprint density at radius 2 is 1.85 bits per heavy atom. The number of fused-ring (bicyclic) bond motifs is 2. The number of amides is 2. The van der Waals surface area contributed by atoms with Crippen molar-refractivity contribution in [1.82, 2.24) is 19.4 Å². The van der Waals surface area contributed by atoms with Crippen LogP contribution in [0.1, 0.15) is 55.9 Å². The number of halogens is 1. The third-order valence-corrected chi connectivity index (χ3v) is 6.98. The number of nitrogen functional groups attached to an aromatic ring is 1. The number of aromatic nitrogens is 4. The number of anilines is 1. The molecule has 198 valence electrons. The molecule has 0 bridgehead atoms. The molecule has 4 heterocycles. The summed E-state index contributed by atoms with van der Waals surface area (Å²) in [6.07, 6.45) is 4.17. The minimum Gasteiger partial charge on any atom is -0.618 e. The lowest BCUT2D eigenvalue weighted by atomic mass is 10.1. The molecule has 0 fully saturated rings. The van der Waals surface area contributed by atoms with E-state index in [1.54, 1.807) is 42.1 Å². The Bertz CT molecular complexity index is 1680. The molecule has 0 saturated heterocycles. The topological polar surface area (TPSA) is 130 Å². The molecule has 0 radical (unpaired) electrons. The Kier molecular flexibility index (Phi) is 6.85. The van der Waals surface area contributed by atoms with E-state index in [-0.39, 0.29) is 36.0 Å². The highest BCUT2D eigenvalue weighted by molar-refractivity contribution is 6.34. The minimum atomic E-state index is -0.285. The van der Waals surface area contributed by atoms with Gasteiger partial charge in [0.05, 0.1) is 40.3 Å². The predicted octanol–water partition coefficient (Wildman–Crippen LogP) is 3.40. The number of ether oxygens (including phenoxy) is 1. The van der Waals surface area contributed by atoms with Gasteiger partial charge in [-0.3, -0.25) is 14.5 Å². The summed E-state index contributed by atoms with van der Waals surface area (Å²) in [6, 6.07) is 6.80. The second-order valence-corrected chi connectivity index (χ2v) is 9.56. The molecule has 3 aromatic heterocycles. The van der Waals surface area contributed by atoms with Crippen LogP contribution in [0.3, 0.4) is 0 Å². The fourth-order valence-corrected chi connectivity index (χ4v) is 5.14. The standard InChI is InChI=1S/C28H25ClN6O4/c1-16-13-35(38)21(17(2)23(16)39-3)15-33-14-18(22-24(29)31-28(30)32-25(22)33)9-5-4-8-12-34-26(36)19-10-6-7-11-20(19)27(34)37/h6-7,10-11,13-14H,4,8,12,15H2,1-3H3,(H2,30,31,32). The number of pyridine rings is 1. The van der Waals surface area contributed by atoms with Crippen LogP contribution < -0.4 is 15.2 Å². The van der Waals surface area contributed by atoms with Crippen LogP contribution in [0.4, 0.5) is 5.95 Å². The van der Waals surface area contributed by atoms with Crippen LogP contribution in [0, 0.1) is 30.9 Å². The third kappa shape index (κ3) is 4.62. The molecule has 2 amide bonds. The summed E-state index contributed by atoms with van der Waals surface area (Å²) >= 11 is 6.44. The fourth-order valence-electron chi connectivity index (χ4n) is 4.87. The highest BCUT2D eigenvalue weighted by Crippen LogP contribution is 2.29. The lowest BCUT2D eigenvalue weighted by molar-refractivity contribution is -0.615. The van der Waals surface area contributed by atoms with Crippen molar-refractivity contribution >= 4 is 40.4 Å². The van der Waals surface area contributed by atoms with Gasteiger partial charge in [-0.25, -0.2) is 4.98 Å². The first-order valence-electron chi connectivity index (χ1n) is 12.2. The summed E-state index contributed by atoms with van der Waals surface area (Å²) in [4.78, 5) is 34.8. The number of hydrogen-bond donors (Lipinski definition) is 1. The lowest BCUT2D eigenvalue weighted by Gasteiger charge is -2.14. The van der Waals surface area contributed by atoms with E-state index in [9.17, 15) is 14.8 Å². The molecule has 1 aromatic carbocycles. The van der Waals surface area contributed by atoms with E-state index in [2.05, 4.69) is 21.8 Å². The van der Waals surface area contributed by atoms with Crippen molar-refractivity contribution in [1.29, 1.82) is 0 Å². The number of carbonyl (C=O) groups is 2. The molecule has 0 unspecified atom stereocenters. The zero-order chi connectivity index (χ0) is 27.8. The van der Waals surface area contributed by atoms with Gasteiger partial charge < -0.3 is 20.2 Å². The van der Waals surface area contributed by atoms with E-state index in [1.165, 1.54) is 11.1 Å². The summed E-state index contributed by atoms with van der Waals surface area (Å²) in [7, 11) is 1.56. The van der Waals surface area contributed by atoms with Gasteiger partial charge in [0.25, 0.3) is 11.8 Å². The van der Waals surface area contributed by atoms with Gasteiger partial charge in [0, 0.05) is 19.2 Å². The highest BCUT2D eigenvalue weighted by Gasteiger charge is 2.34. The molecular formula is C28H25ClN6O4. The average Bonchev–Trinajstić information content (AvgIpc) is 3.36. The van der Waals surface area contributed by atoms with Crippen molar-refractivity contribution in [2.45, 2.75) is 33.2 Å². The lowest BCUT2D eigenvalue weighted by Crippen LogP contribution is -2.34. The normalized spacial score (nSPS) is 12.6. The number of nitrogens with zero attached hydrogens (tertiary/aromatic N) is 5. The highest BCUT2D eigenvalue weighted by atomic mass is 35.5. The molecule has 0 spiro atoms. The molecule has 2 N–H and O–H groups in total. The molecule has 11 heteroatoms. The smallest absolute Gasteiger partial charge is 0.261 e. The van der Waals surface area contributed by atoms with Crippen molar-refractivity contribution in [3.8, 4) is 17.6 Å². The number of rotatable bonds is 6. The fraction of sp³-hybridized carbons (Fsp3) is 0.250. The molecule has 0 aliphatic carbocycles. The Morgan fingerprint density at radius 3 is 2.51 bits per heavy atom. The Morgan fingerprint density at radius 1 is 1.15 bits per heavy atom. The van der Waals surface area contributed by atoms with E-state index in [0.717, 1.165) is 10.3 Å². The van der Waals surface area contributed by atoms with Gasteiger partial charge in [0.1, 0.15) is 23.1 Å². The predicted molar refractivity (Wildman–Crippen MR) is 145 cm³/mol. The van der Waals surface area contributed by atoms with E-state index in [4.69, 9.17) is 22.1 Å². The second-order valence-electron chi connectivity index (χ2n) is 9.20. The Hall–Kier alpha value is -4.62. The van der Waals surface area contributed by atoms with Gasteiger partial charge >= 0.3 is 0 Å². The van der Waals surface area contributed by atoms with E-state index in [0.29, 0.717) is 57.6 Å².